The van der Waals surface area contributed by atoms with Crippen molar-refractivity contribution in [3.8, 4) is 11.3 Å². The van der Waals surface area contributed by atoms with Crippen LogP contribution in [0.3, 0.4) is 0 Å². The minimum absolute atomic E-state index is 0.133. The molecular formula is C19H21ClN6O2. The lowest BCUT2D eigenvalue weighted by Crippen LogP contribution is -2.41. The number of carbonyl (C=O) groups is 1. The fourth-order valence-corrected chi connectivity index (χ4v) is 3.61. The number of anilines is 1. The largest absolute Gasteiger partial charge is 0.359 e. The normalized spacial score (nSPS) is 15.0. The minimum Gasteiger partial charge on any atom is -0.359 e. The van der Waals surface area contributed by atoms with Gasteiger partial charge in [-0.25, -0.2) is 9.48 Å². The number of piperidine rings is 1. The van der Waals surface area contributed by atoms with Crippen LogP contribution in [0.5, 0.6) is 0 Å². The lowest BCUT2D eigenvalue weighted by Gasteiger charge is -2.31. The molecule has 3 heterocycles. The summed E-state index contributed by atoms with van der Waals surface area (Å²) < 4.78 is 6.98. The Morgan fingerprint density at radius 1 is 1.29 bits per heavy atom. The Morgan fingerprint density at radius 3 is 2.75 bits per heavy atom. The number of nitrogens with zero attached hydrogens (tertiary/aromatic N) is 5. The summed E-state index contributed by atoms with van der Waals surface area (Å²) in [4.78, 5) is 14.3. The Labute approximate surface area is 167 Å². The van der Waals surface area contributed by atoms with Crippen LogP contribution in [0.25, 0.3) is 11.3 Å². The summed E-state index contributed by atoms with van der Waals surface area (Å²) in [7, 11) is 0. The number of rotatable bonds is 3. The van der Waals surface area contributed by atoms with Gasteiger partial charge in [0.2, 0.25) is 0 Å². The molecule has 9 heteroatoms. The maximum atomic E-state index is 12.5. The molecular weight excluding hydrogens is 380 g/mol. The van der Waals surface area contributed by atoms with Crippen molar-refractivity contribution in [3.63, 3.8) is 0 Å². The Bertz CT molecular complexity index is 970. The number of benzene rings is 1. The average molecular weight is 401 g/mol. The standard InChI is InChI=1S/C19H21ClN6O2/c1-12-18(13(2)28-23-12)21-19(27)25-8-6-16(7-9-25)26-11-17(22-24-26)14-4-3-5-15(20)10-14/h3-5,10-11,16H,6-9H2,1-2H3,(H,21,27). The molecule has 0 aliphatic carbocycles. The zero-order valence-corrected chi connectivity index (χ0v) is 16.5. The molecule has 0 saturated carbocycles. The number of aromatic nitrogens is 4. The van der Waals surface area contributed by atoms with Gasteiger partial charge < -0.3 is 14.7 Å². The van der Waals surface area contributed by atoms with Gasteiger partial charge in [-0.3, -0.25) is 0 Å². The number of hydrogen-bond acceptors (Lipinski definition) is 5. The van der Waals surface area contributed by atoms with Gasteiger partial charge in [-0.1, -0.05) is 34.1 Å². The molecule has 4 rings (SSSR count). The first-order valence-corrected chi connectivity index (χ1v) is 9.55. The monoisotopic (exact) mass is 400 g/mol. The number of nitrogens with one attached hydrogen (secondary N) is 1. The summed E-state index contributed by atoms with van der Waals surface area (Å²) in [5.74, 6) is 0.608. The van der Waals surface area contributed by atoms with Gasteiger partial charge in [0.15, 0.2) is 5.76 Å². The number of halogens is 1. The van der Waals surface area contributed by atoms with Crippen molar-refractivity contribution in [2.75, 3.05) is 18.4 Å². The van der Waals surface area contributed by atoms with E-state index in [1.54, 1.807) is 18.7 Å². The Balaban J connectivity index is 1.37. The molecule has 0 radical (unpaired) electrons. The number of likely N-dealkylation sites (tertiary alicyclic amines) is 1. The highest BCUT2D eigenvalue weighted by molar-refractivity contribution is 6.30. The second-order valence-corrected chi connectivity index (χ2v) is 7.38. The van der Waals surface area contributed by atoms with Crippen molar-refractivity contribution < 1.29 is 9.32 Å². The van der Waals surface area contributed by atoms with E-state index in [9.17, 15) is 4.79 Å². The quantitative estimate of drug-likeness (QED) is 0.715. The lowest BCUT2D eigenvalue weighted by atomic mass is 10.1. The molecule has 28 heavy (non-hydrogen) atoms. The molecule has 8 nitrogen and oxygen atoms in total. The van der Waals surface area contributed by atoms with Crippen LogP contribution in [0.1, 0.15) is 30.3 Å². The molecule has 0 spiro atoms. The lowest BCUT2D eigenvalue weighted by molar-refractivity contribution is 0.179. The number of hydrogen-bond donors (Lipinski definition) is 1. The third-order valence-corrected chi connectivity index (χ3v) is 5.26. The Hall–Kier alpha value is -2.87. The van der Waals surface area contributed by atoms with Gasteiger partial charge in [0.05, 0.1) is 12.2 Å². The van der Waals surface area contributed by atoms with E-state index in [4.69, 9.17) is 16.1 Å². The fraction of sp³-hybridized carbons (Fsp3) is 0.368. The highest BCUT2D eigenvalue weighted by Gasteiger charge is 2.26. The summed E-state index contributed by atoms with van der Waals surface area (Å²) in [5, 5.41) is 16.0. The molecule has 1 saturated heterocycles. The van der Waals surface area contributed by atoms with Gasteiger partial charge in [0.25, 0.3) is 0 Å². The summed E-state index contributed by atoms with van der Waals surface area (Å²) in [5.41, 5.74) is 3.06. The molecule has 146 valence electrons. The van der Waals surface area contributed by atoms with Crippen LogP contribution >= 0.6 is 11.6 Å². The van der Waals surface area contributed by atoms with E-state index in [0.717, 1.165) is 24.1 Å². The summed E-state index contributed by atoms with van der Waals surface area (Å²) in [6.45, 7) is 4.88. The summed E-state index contributed by atoms with van der Waals surface area (Å²) >= 11 is 6.06. The van der Waals surface area contributed by atoms with Crippen molar-refractivity contribution in [2.45, 2.75) is 32.7 Å². The Morgan fingerprint density at radius 2 is 2.07 bits per heavy atom. The van der Waals surface area contributed by atoms with Gasteiger partial charge in [0, 0.05) is 23.7 Å². The fourth-order valence-electron chi connectivity index (χ4n) is 3.42. The van der Waals surface area contributed by atoms with E-state index in [1.165, 1.54) is 0 Å². The third-order valence-electron chi connectivity index (χ3n) is 5.02. The molecule has 1 aliphatic heterocycles. The smallest absolute Gasteiger partial charge is 0.321 e. The van der Waals surface area contributed by atoms with Crippen LogP contribution in [-0.4, -0.2) is 44.2 Å². The molecule has 1 aromatic carbocycles. The molecule has 3 aromatic rings. The van der Waals surface area contributed by atoms with Gasteiger partial charge in [-0.15, -0.1) is 5.10 Å². The number of carbonyl (C=O) groups excluding carboxylic acids is 1. The first-order chi connectivity index (χ1) is 13.5. The zero-order valence-electron chi connectivity index (χ0n) is 15.7. The van der Waals surface area contributed by atoms with Crippen LogP contribution < -0.4 is 5.32 Å². The van der Waals surface area contributed by atoms with Crippen LogP contribution in [-0.2, 0) is 0 Å². The number of amides is 2. The SMILES string of the molecule is Cc1noc(C)c1NC(=O)N1CCC(n2cc(-c3cccc(Cl)c3)nn2)CC1. The maximum Gasteiger partial charge on any atom is 0.321 e. The van der Waals surface area contributed by atoms with E-state index in [1.807, 2.05) is 35.1 Å². The predicted octanol–water partition coefficient (Wildman–Crippen LogP) is 4.07. The summed E-state index contributed by atoms with van der Waals surface area (Å²) in [6.07, 6.45) is 3.57. The molecule has 2 aromatic heterocycles. The van der Waals surface area contributed by atoms with E-state index in [-0.39, 0.29) is 12.1 Å². The van der Waals surface area contributed by atoms with Crippen LogP contribution in [0.4, 0.5) is 10.5 Å². The van der Waals surface area contributed by atoms with E-state index in [0.29, 0.717) is 35.3 Å². The van der Waals surface area contributed by atoms with Crippen LogP contribution in [0.2, 0.25) is 5.02 Å². The first kappa shape index (κ1) is 18.5. The summed E-state index contributed by atoms with van der Waals surface area (Å²) in [6, 6.07) is 7.64. The van der Waals surface area contributed by atoms with Crippen molar-refractivity contribution >= 4 is 23.3 Å². The Kier molecular flexibility index (Phi) is 5.04. The van der Waals surface area contributed by atoms with Crippen molar-refractivity contribution in [1.29, 1.82) is 0 Å². The number of aryl methyl sites for hydroxylation is 2. The van der Waals surface area contributed by atoms with Crippen molar-refractivity contribution in [1.82, 2.24) is 25.1 Å². The molecule has 0 unspecified atom stereocenters. The average Bonchev–Trinajstić information content (AvgIpc) is 3.31. The maximum absolute atomic E-state index is 12.5. The van der Waals surface area contributed by atoms with Gasteiger partial charge in [0.1, 0.15) is 17.1 Å². The van der Waals surface area contributed by atoms with E-state index < -0.39 is 0 Å². The van der Waals surface area contributed by atoms with Crippen molar-refractivity contribution in [3.05, 3.63) is 46.9 Å². The topological polar surface area (TPSA) is 89.1 Å². The molecule has 1 fully saturated rings. The van der Waals surface area contributed by atoms with Crippen molar-refractivity contribution in [2.24, 2.45) is 0 Å². The van der Waals surface area contributed by atoms with Gasteiger partial charge >= 0.3 is 6.03 Å². The van der Waals surface area contributed by atoms with Gasteiger partial charge in [-0.05, 0) is 38.8 Å². The van der Waals surface area contributed by atoms with E-state index >= 15 is 0 Å². The number of urea groups is 1. The highest BCUT2D eigenvalue weighted by atomic mass is 35.5. The highest BCUT2D eigenvalue weighted by Crippen LogP contribution is 2.26. The zero-order chi connectivity index (χ0) is 19.7. The van der Waals surface area contributed by atoms with Gasteiger partial charge in [-0.2, -0.15) is 0 Å². The molecule has 0 atom stereocenters. The third kappa shape index (κ3) is 3.73. The second kappa shape index (κ2) is 7.63. The first-order valence-electron chi connectivity index (χ1n) is 9.18. The molecule has 2 amide bonds. The molecule has 1 N–H and O–H groups in total. The predicted molar refractivity (Wildman–Crippen MR) is 105 cm³/mol. The van der Waals surface area contributed by atoms with Crippen LogP contribution in [0, 0.1) is 13.8 Å². The van der Waals surface area contributed by atoms with E-state index in [2.05, 4.69) is 20.8 Å². The molecule has 0 bridgehead atoms. The molecule has 1 aliphatic rings. The van der Waals surface area contributed by atoms with Crippen LogP contribution in [0.15, 0.2) is 35.0 Å². The minimum atomic E-state index is -0.133. The second-order valence-electron chi connectivity index (χ2n) is 6.94.